The number of carbonyl (C=O) groups excluding carboxylic acids is 1. The van der Waals surface area contributed by atoms with E-state index in [2.05, 4.69) is 29.6 Å². The second kappa shape index (κ2) is 5.77. The van der Waals surface area contributed by atoms with Gasteiger partial charge in [0.25, 0.3) is 0 Å². The molecule has 0 radical (unpaired) electrons. The quantitative estimate of drug-likeness (QED) is 0.860. The molecule has 0 saturated heterocycles. The fourth-order valence-electron chi connectivity index (χ4n) is 3.20. The van der Waals surface area contributed by atoms with Crippen LogP contribution in [0.4, 0.5) is 0 Å². The minimum Gasteiger partial charge on any atom is -0.356 e. The summed E-state index contributed by atoms with van der Waals surface area (Å²) in [5.41, 5.74) is 3.04. The summed E-state index contributed by atoms with van der Waals surface area (Å²) in [7, 11) is 0. The van der Waals surface area contributed by atoms with Crippen molar-refractivity contribution >= 4 is 5.91 Å². The lowest BCUT2D eigenvalue weighted by Crippen LogP contribution is -2.26. The van der Waals surface area contributed by atoms with E-state index in [0.29, 0.717) is 11.8 Å². The Labute approximate surface area is 115 Å². The molecule has 2 heteroatoms. The summed E-state index contributed by atoms with van der Waals surface area (Å²) in [5, 5.41) is 3.09. The normalized spacial score (nSPS) is 21.8. The summed E-state index contributed by atoms with van der Waals surface area (Å²) in [4.78, 5) is 11.7. The maximum Gasteiger partial charge on any atom is 0.220 e. The lowest BCUT2D eigenvalue weighted by atomic mass is 9.81. The number of carbonyl (C=O) groups is 1. The van der Waals surface area contributed by atoms with Crippen LogP contribution in [0.1, 0.15) is 55.6 Å². The van der Waals surface area contributed by atoms with Crippen molar-refractivity contribution in [1.82, 2.24) is 5.32 Å². The highest BCUT2D eigenvalue weighted by Gasteiger charge is 2.24. The first-order chi connectivity index (χ1) is 9.33. The Balaban J connectivity index is 1.49. The molecule has 1 amide bonds. The van der Waals surface area contributed by atoms with Gasteiger partial charge < -0.3 is 5.32 Å². The van der Waals surface area contributed by atoms with Gasteiger partial charge >= 0.3 is 0 Å². The Morgan fingerprint density at radius 3 is 2.89 bits per heavy atom. The number of amides is 1. The predicted molar refractivity (Wildman–Crippen MR) is 77.1 cm³/mol. The minimum absolute atomic E-state index is 0.256. The van der Waals surface area contributed by atoms with Gasteiger partial charge in [-0.25, -0.2) is 0 Å². The van der Waals surface area contributed by atoms with Crippen molar-refractivity contribution < 1.29 is 4.79 Å². The van der Waals surface area contributed by atoms with E-state index in [-0.39, 0.29) is 5.91 Å². The highest BCUT2D eigenvalue weighted by molar-refractivity contribution is 5.76. The van der Waals surface area contributed by atoms with Gasteiger partial charge in [0.15, 0.2) is 0 Å². The van der Waals surface area contributed by atoms with E-state index in [1.165, 1.54) is 43.2 Å². The van der Waals surface area contributed by atoms with E-state index in [1.54, 1.807) is 0 Å². The highest BCUT2D eigenvalue weighted by atomic mass is 16.1. The summed E-state index contributed by atoms with van der Waals surface area (Å²) < 4.78 is 0. The zero-order valence-corrected chi connectivity index (χ0v) is 11.5. The van der Waals surface area contributed by atoms with Crippen LogP contribution >= 0.6 is 0 Å². The molecule has 19 heavy (non-hydrogen) atoms. The Morgan fingerprint density at radius 1 is 1.21 bits per heavy atom. The molecule has 3 rings (SSSR count). The molecular weight excluding hydrogens is 234 g/mol. The van der Waals surface area contributed by atoms with Crippen LogP contribution in [-0.4, -0.2) is 12.5 Å². The second-order valence-electron chi connectivity index (χ2n) is 6.07. The summed E-state index contributed by atoms with van der Waals surface area (Å²) in [6.07, 6.45) is 8.13. The van der Waals surface area contributed by atoms with Crippen molar-refractivity contribution in [3.05, 3.63) is 35.4 Å². The molecule has 0 heterocycles. The molecular formula is C17H23NO. The van der Waals surface area contributed by atoms with Crippen molar-refractivity contribution in [3.63, 3.8) is 0 Å². The van der Waals surface area contributed by atoms with Crippen LogP contribution in [0, 0.1) is 5.92 Å². The van der Waals surface area contributed by atoms with E-state index in [9.17, 15) is 4.79 Å². The number of nitrogens with one attached hydrogen (secondary N) is 1. The first kappa shape index (κ1) is 12.7. The number of hydrogen-bond donors (Lipinski definition) is 1. The van der Waals surface area contributed by atoms with Crippen LogP contribution in [0.3, 0.4) is 0 Å². The number of rotatable bonds is 5. The van der Waals surface area contributed by atoms with Gasteiger partial charge in [-0.05, 0) is 61.5 Å². The molecule has 1 saturated carbocycles. The van der Waals surface area contributed by atoms with Crippen LogP contribution in [-0.2, 0) is 11.2 Å². The van der Waals surface area contributed by atoms with Gasteiger partial charge in [0.2, 0.25) is 5.91 Å². The van der Waals surface area contributed by atoms with E-state index in [0.717, 1.165) is 19.4 Å². The summed E-state index contributed by atoms with van der Waals surface area (Å²) >= 11 is 0. The largest absolute Gasteiger partial charge is 0.356 e. The van der Waals surface area contributed by atoms with Crippen molar-refractivity contribution in [2.75, 3.05) is 6.54 Å². The SMILES string of the molecule is O=C(CC1CC1)NCCC1CCCc2ccccc21. The molecule has 0 aliphatic heterocycles. The molecule has 1 fully saturated rings. The average molecular weight is 257 g/mol. The van der Waals surface area contributed by atoms with Gasteiger partial charge in [0.1, 0.15) is 0 Å². The minimum atomic E-state index is 0.256. The molecule has 102 valence electrons. The smallest absolute Gasteiger partial charge is 0.220 e. The number of hydrogen-bond acceptors (Lipinski definition) is 1. The highest BCUT2D eigenvalue weighted by Crippen LogP contribution is 2.34. The molecule has 1 aromatic rings. The summed E-state index contributed by atoms with van der Waals surface area (Å²) in [5.74, 6) is 1.59. The van der Waals surface area contributed by atoms with Gasteiger partial charge in [-0.2, -0.15) is 0 Å². The van der Waals surface area contributed by atoms with Crippen LogP contribution in [0.5, 0.6) is 0 Å². The lowest BCUT2D eigenvalue weighted by Gasteiger charge is -2.25. The van der Waals surface area contributed by atoms with Gasteiger partial charge in [0, 0.05) is 13.0 Å². The maximum atomic E-state index is 11.7. The van der Waals surface area contributed by atoms with E-state index in [1.807, 2.05) is 0 Å². The molecule has 1 unspecified atom stereocenters. The van der Waals surface area contributed by atoms with Crippen molar-refractivity contribution in [2.24, 2.45) is 5.92 Å². The summed E-state index contributed by atoms with van der Waals surface area (Å²) in [6.45, 7) is 0.838. The maximum absolute atomic E-state index is 11.7. The van der Waals surface area contributed by atoms with Gasteiger partial charge in [-0.1, -0.05) is 24.3 Å². The molecule has 0 bridgehead atoms. The van der Waals surface area contributed by atoms with Gasteiger partial charge in [0.05, 0.1) is 0 Å². The van der Waals surface area contributed by atoms with E-state index in [4.69, 9.17) is 0 Å². The zero-order valence-electron chi connectivity index (χ0n) is 11.5. The predicted octanol–water partition coefficient (Wildman–Crippen LogP) is 3.41. The third kappa shape index (κ3) is 3.37. The van der Waals surface area contributed by atoms with Crippen molar-refractivity contribution in [2.45, 2.75) is 50.9 Å². The summed E-state index contributed by atoms with van der Waals surface area (Å²) in [6, 6.07) is 8.81. The Morgan fingerprint density at radius 2 is 2.05 bits per heavy atom. The molecule has 1 N–H and O–H groups in total. The molecule has 0 aromatic heterocycles. The van der Waals surface area contributed by atoms with E-state index < -0.39 is 0 Å². The third-order valence-corrected chi connectivity index (χ3v) is 4.48. The molecule has 0 spiro atoms. The fourth-order valence-corrected chi connectivity index (χ4v) is 3.20. The number of benzene rings is 1. The molecule has 2 aliphatic carbocycles. The van der Waals surface area contributed by atoms with Crippen molar-refractivity contribution in [1.29, 1.82) is 0 Å². The molecule has 1 atom stereocenters. The van der Waals surface area contributed by atoms with Crippen LogP contribution in [0.25, 0.3) is 0 Å². The Hall–Kier alpha value is -1.31. The molecule has 2 nitrogen and oxygen atoms in total. The molecule has 2 aliphatic rings. The van der Waals surface area contributed by atoms with Gasteiger partial charge in [-0.3, -0.25) is 4.79 Å². The van der Waals surface area contributed by atoms with Crippen LogP contribution in [0.2, 0.25) is 0 Å². The third-order valence-electron chi connectivity index (χ3n) is 4.48. The first-order valence-corrected chi connectivity index (χ1v) is 7.67. The van der Waals surface area contributed by atoms with Gasteiger partial charge in [-0.15, -0.1) is 0 Å². The topological polar surface area (TPSA) is 29.1 Å². The standard InChI is InChI=1S/C17H23NO/c19-17(12-13-8-9-13)18-11-10-15-6-3-5-14-4-1-2-7-16(14)15/h1-2,4,7,13,15H,3,5-6,8-12H2,(H,18,19). The Bertz CT molecular complexity index is 450. The average Bonchev–Trinajstić information content (AvgIpc) is 3.23. The number of aryl methyl sites for hydroxylation is 1. The monoisotopic (exact) mass is 257 g/mol. The van der Waals surface area contributed by atoms with E-state index >= 15 is 0 Å². The Kier molecular flexibility index (Phi) is 3.86. The first-order valence-electron chi connectivity index (χ1n) is 7.67. The number of fused-ring (bicyclic) bond motifs is 1. The zero-order chi connectivity index (χ0) is 13.1. The fraction of sp³-hybridized carbons (Fsp3) is 0.588. The van der Waals surface area contributed by atoms with Crippen molar-refractivity contribution in [3.8, 4) is 0 Å². The lowest BCUT2D eigenvalue weighted by molar-refractivity contribution is -0.121. The molecule has 1 aromatic carbocycles. The van der Waals surface area contributed by atoms with Crippen LogP contribution < -0.4 is 5.32 Å². The van der Waals surface area contributed by atoms with Crippen LogP contribution in [0.15, 0.2) is 24.3 Å². The second-order valence-corrected chi connectivity index (χ2v) is 6.07.